The molecule has 0 saturated heterocycles. The maximum absolute atomic E-state index is 13.0. The van der Waals surface area contributed by atoms with Gasteiger partial charge in [0.15, 0.2) is 0 Å². The van der Waals surface area contributed by atoms with Crippen LogP contribution in [0.25, 0.3) is 21.5 Å². The summed E-state index contributed by atoms with van der Waals surface area (Å²) >= 11 is 0. The first kappa shape index (κ1) is 20.6. The third-order valence-electron chi connectivity index (χ3n) is 5.57. The Labute approximate surface area is 181 Å². The second kappa shape index (κ2) is 8.60. The van der Waals surface area contributed by atoms with Crippen molar-refractivity contribution in [2.45, 2.75) is 26.3 Å². The van der Waals surface area contributed by atoms with Gasteiger partial charge in [-0.15, -0.1) is 0 Å². The van der Waals surface area contributed by atoms with Gasteiger partial charge in [0.05, 0.1) is 7.11 Å². The van der Waals surface area contributed by atoms with E-state index in [1.165, 1.54) is 7.11 Å². The summed E-state index contributed by atoms with van der Waals surface area (Å²) in [6, 6.07) is 23.2. The van der Waals surface area contributed by atoms with Gasteiger partial charge in [0.2, 0.25) is 0 Å². The summed E-state index contributed by atoms with van der Waals surface area (Å²) in [5, 5.41) is 7.23. The Morgan fingerprint density at radius 3 is 1.94 bits per heavy atom. The van der Waals surface area contributed by atoms with Crippen LogP contribution in [-0.4, -0.2) is 25.0 Å². The lowest BCUT2D eigenvalue weighted by molar-refractivity contribution is -0.142. The van der Waals surface area contributed by atoms with Crippen molar-refractivity contribution in [3.05, 3.63) is 95.1 Å². The number of rotatable bonds is 5. The fourth-order valence-corrected chi connectivity index (χ4v) is 4.21. The second-order valence-corrected chi connectivity index (χ2v) is 7.93. The molecule has 0 heterocycles. The van der Waals surface area contributed by atoms with Crippen LogP contribution in [0, 0.1) is 13.8 Å². The summed E-state index contributed by atoms with van der Waals surface area (Å²) in [5.74, 6) is -0.749. The molecule has 0 aliphatic heterocycles. The molecule has 0 aliphatic carbocycles. The maximum Gasteiger partial charge on any atom is 0.328 e. The summed E-state index contributed by atoms with van der Waals surface area (Å²) in [6.07, 6.45) is 0.338. The molecule has 4 aromatic rings. The Bertz CT molecular complexity index is 1220. The predicted molar refractivity (Wildman–Crippen MR) is 124 cm³/mol. The summed E-state index contributed by atoms with van der Waals surface area (Å²) in [4.78, 5) is 25.6. The van der Waals surface area contributed by atoms with Gasteiger partial charge in [0.1, 0.15) is 6.04 Å². The highest BCUT2D eigenvalue weighted by Gasteiger charge is 2.24. The van der Waals surface area contributed by atoms with E-state index in [1.807, 2.05) is 56.3 Å². The number of hydrogen-bond acceptors (Lipinski definition) is 3. The lowest BCUT2D eigenvalue weighted by Gasteiger charge is -2.19. The zero-order chi connectivity index (χ0) is 22.0. The largest absolute Gasteiger partial charge is 0.467 e. The molecule has 4 aromatic carbocycles. The average Bonchev–Trinajstić information content (AvgIpc) is 2.77. The smallest absolute Gasteiger partial charge is 0.328 e. The number of carbonyl (C=O) groups is 2. The Morgan fingerprint density at radius 1 is 0.839 bits per heavy atom. The summed E-state index contributed by atoms with van der Waals surface area (Å²) in [7, 11) is 1.35. The minimum Gasteiger partial charge on any atom is -0.467 e. The van der Waals surface area contributed by atoms with Crippen LogP contribution in [0.4, 0.5) is 0 Å². The molecule has 4 heteroatoms. The highest BCUT2D eigenvalue weighted by atomic mass is 16.5. The van der Waals surface area contributed by atoms with Crippen LogP contribution in [0.3, 0.4) is 0 Å². The molecule has 1 atom stereocenters. The molecule has 1 N–H and O–H groups in total. The van der Waals surface area contributed by atoms with Crippen molar-refractivity contribution >= 4 is 33.4 Å². The van der Waals surface area contributed by atoms with E-state index in [0.717, 1.165) is 38.2 Å². The lowest BCUT2D eigenvalue weighted by Crippen LogP contribution is -2.43. The zero-order valence-electron chi connectivity index (χ0n) is 17.9. The number of fused-ring (bicyclic) bond motifs is 2. The first-order valence-corrected chi connectivity index (χ1v) is 10.3. The number of methoxy groups -OCH3 is 1. The van der Waals surface area contributed by atoms with Gasteiger partial charge < -0.3 is 10.1 Å². The van der Waals surface area contributed by atoms with Crippen molar-refractivity contribution < 1.29 is 14.3 Å². The molecule has 0 radical (unpaired) electrons. The normalized spacial score (nSPS) is 12.0. The number of nitrogens with one attached hydrogen (secondary N) is 1. The van der Waals surface area contributed by atoms with Crippen LogP contribution >= 0.6 is 0 Å². The first-order chi connectivity index (χ1) is 15.0. The van der Waals surface area contributed by atoms with E-state index in [9.17, 15) is 9.59 Å². The van der Waals surface area contributed by atoms with Crippen LogP contribution in [0.15, 0.2) is 72.8 Å². The third-order valence-corrected chi connectivity index (χ3v) is 5.57. The van der Waals surface area contributed by atoms with Gasteiger partial charge >= 0.3 is 5.97 Å². The Balaban J connectivity index is 1.75. The van der Waals surface area contributed by atoms with Crippen LogP contribution in [0.1, 0.15) is 27.0 Å². The molecule has 0 aliphatic rings. The van der Waals surface area contributed by atoms with Gasteiger partial charge in [-0.3, -0.25) is 4.79 Å². The maximum atomic E-state index is 13.0. The van der Waals surface area contributed by atoms with Crippen LogP contribution in [0.5, 0.6) is 0 Å². The van der Waals surface area contributed by atoms with Crippen molar-refractivity contribution in [3.63, 3.8) is 0 Å². The van der Waals surface area contributed by atoms with Gasteiger partial charge in [0.25, 0.3) is 5.91 Å². The van der Waals surface area contributed by atoms with Crippen molar-refractivity contribution in [1.82, 2.24) is 5.32 Å². The second-order valence-electron chi connectivity index (χ2n) is 7.93. The molecule has 4 nitrogen and oxygen atoms in total. The fraction of sp³-hybridized carbons (Fsp3) is 0.185. The van der Waals surface area contributed by atoms with E-state index in [2.05, 4.69) is 35.6 Å². The van der Waals surface area contributed by atoms with Crippen molar-refractivity contribution in [2.75, 3.05) is 7.11 Å². The number of aryl methyl sites for hydroxylation is 2. The summed E-state index contributed by atoms with van der Waals surface area (Å²) < 4.78 is 5.04. The molecule has 156 valence electrons. The summed E-state index contributed by atoms with van der Waals surface area (Å²) in [5.41, 5.74) is 3.55. The van der Waals surface area contributed by atoms with E-state index in [1.54, 1.807) is 0 Å². The molecule has 31 heavy (non-hydrogen) atoms. The number of amides is 1. The highest BCUT2D eigenvalue weighted by Crippen LogP contribution is 2.29. The molecule has 1 amide bonds. The van der Waals surface area contributed by atoms with Crippen molar-refractivity contribution in [2.24, 2.45) is 0 Å². The molecule has 4 rings (SSSR count). The molecule has 0 aromatic heterocycles. The molecule has 0 bridgehead atoms. The zero-order valence-corrected chi connectivity index (χ0v) is 17.9. The Kier molecular flexibility index (Phi) is 5.72. The fourth-order valence-electron chi connectivity index (χ4n) is 4.21. The number of esters is 1. The van der Waals surface area contributed by atoms with E-state index >= 15 is 0 Å². The molecule has 0 unspecified atom stereocenters. The van der Waals surface area contributed by atoms with Crippen LogP contribution in [-0.2, 0) is 16.0 Å². The molecule has 0 fully saturated rings. The standard InChI is InChI=1S/C27H25NO3/c1-17-12-18(2)14-21(13-17)26(29)28-25(27(30)31-3)16-24-22-10-6-4-8-19(22)15-20-9-5-7-11-23(20)24/h4-15,25H,16H2,1-3H3,(H,28,29)/t25-/m0/s1. The average molecular weight is 412 g/mol. The molecule has 0 saturated carbocycles. The minimum absolute atomic E-state index is 0.285. The number of carbonyl (C=O) groups excluding carboxylic acids is 2. The molecular weight excluding hydrogens is 386 g/mol. The molecule has 0 spiro atoms. The van der Waals surface area contributed by atoms with Crippen LogP contribution in [0.2, 0.25) is 0 Å². The topological polar surface area (TPSA) is 55.4 Å². The van der Waals surface area contributed by atoms with Gasteiger partial charge in [-0.05, 0) is 59.2 Å². The Hall–Kier alpha value is -3.66. The third kappa shape index (κ3) is 4.29. The minimum atomic E-state index is -0.799. The van der Waals surface area contributed by atoms with E-state index in [4.69, 9.17) is 4.74 Å². The van der Waals surface area contributed by atoms with Gasteiger partial charge in [-0.1, -0.05) is 65.7 Å². The van der Waals surface area contributed by atoms with Gasteiger partial charge in [0, 0.05) is 12.0 Å². The SMILES string of the molecule is COC(=O)[C@H](Cc1c2ccccc2cc2ccccc12)NC(=O)c1cc(C)cc(C)c1. The van der Waals surface area contributed by atoms with E-state index in [0.29, 0.717) is 12.0 Å². The van der Waals surface area contributed by atoms with Crippen molar-refractivity contribution in [1.29, 1.82) is 0 Å². The van der Waals surface area contributed by atoms with E-state index in [-0.39, 0.29) is 5.91 Å². The summed E-state index contributed by atoms with van der Waals surface area (Å²) in [6.45, 7) is 3.90. The lowest BCUT2D eigenvalue weighted by atomic mass is 9.92. The van der Waals surface area contributed by atoms with Crippen LogP contribution < -0.4 is 5.32 Å². The highest BCUT2D eigenvalue weighted by molar-refractivity contribution is 6.03. The number of benzene rings is 4. The first-order valence-electron chi connectivity index (χ1n) is 10.3. The van der Waals surface area contributed by atoms with E-state index < -0.39 is 12.0 Å². The monoisotopic (exact) mass is 411 g/mol. The van der Waals surface area contributed by atoms with Crippen molar-refractivity contribution in [3.8, 4) is 0 Å². The predicted octanol–water partition coefficient (Wildman–Crippen LogP) is 5.12. The number of hydrogen-bond donors (Lipinski definition) is 1. The van der Waals surface area contributed by atoms with Gasteiger partial charge in [-0.25, -0.2) is 4.79 Å². The number of ether oxygens (including phenoxy) is 1. The quantitative estimate of drug-likeness (QED) is 0.366. The van der Waals surface area contributed by atoms with Gasteiger partial charge in [-0.2, -0.15) is 0 Å². The molecular formula is C27H25NO3. The Morgan fingerprint density at radius 2 is 1.39 bits per heavy atom.